The Labute approximate surface area is 127 Å². The minimum absolute atomic E-state index is 0.123. The average molecular weight is 303 g/mol. The van der Waals surface area contributed by atoms with Gasteiger partial charge in [0, 0.05) is 11.2 Å². The zero-order chi connectivity index (χ0) is 13.9. The Kier molecular flexibility index (Phi) is 4.01. The van der Waals surface area contributed by atoms with E-state index in [0.29, 0.717) is 0 Å². The average Bonchev–Trinajstić information content (AvgIpc) is 2.92. The molecule has 0 aliphatic carbocycles. The number of aromatic nitrogens is 1. The molecule has 0 aliphatic rings. The van der Waals surface area contributed by atoms with E-state index in [9.17, 15) is 0 Å². The fourth-order valence-corrected chi connectivity index (χ4v) is 3.33. The Bertz CT molecular complexity index is 723. The minimum atomic E-state index is 0.123. The molecule has 0 radical (unpaired) electrons. The van der Waals surface area contributed by atoms with E-state index < -0.39 is 0 Å². The maximum absolute atomic E-state index is 6.11. The normalized spacial score (nSPS) is 12.7. The highest BCUT2D eigenvalue weighted by Gasteiger charge is 2.14. The number of halogens is 1. The van der Waals surface area contributed by atoms with Crippen LogP contribution in [0.4, 0.5) is 0 Å². The summed E-state index contributed by atoms with van der Waals surface area (Å²) >= 11 is 7.83. The third kappa shape index (κ3) is 2.70. The number of nitrogens with zero attached hydrogens (tertiary/aromatic N) is 1. The van der Waals surface area contributed by atoms with Crippen molar-refractivity contribution in [3.05, 3.63) is 64.1 Å². The maximum atomic E-state index is 6.11. The molecule has 0 bridgehead atoms. The smallest absolute Gasteiger partial charge is 0.0809 e. The Balaban J connectivity index is 2.05. The molecular formula is C16H15ClN2S. The van der Waals surface area contributed by atoms with Crippen LogP contribution in [0.5, 0.6) is 0 Å². The van der Waals surface area contributed by atoms with Crippen LogP contribution in [0.1, 0.15) is 24.1 Å². The van der Waals surface area contributed by atoms with Gasteiger partial charge in [-0.3, -0.25) is 4.98 Å². The van der Waals surface area contributed by atoms with Crippen molar-refractivity contribution in [2.24, 2.45) is 0 Å². The van der Waals surface area contributed by atoms with Gasteiger partial charge in [-0.2, -0.15) is 0 Å². The van der Waals surface area contributed by atoms with Crippen molar-refractivity contribution in [2.75, 3.05) is 6.54 Å². The molecule has 2 aromatic heterocycles. The standard InChI is InChI=1S/C16H15ClN2S/c1-2-18-16(11-4-3-5-13(17)8-11)12-9-15-14(19-10-12)6-7-20-15/h3-10,16,18H,2H2,1H3. The van der Waals surface area contributed by atoms with Crippen molar-refractivity contribution in [1.82, 2.24) is 10.3 Å². The first-order chi connectivity index (χ1) is 9.78. The Morgan fingerprint density at radius 3 is 2.95 bits per heavy atom. The second-order valence-electron chi connectivity index (χ2n) is 4.62. The Hall–Kier alpha value is -1.42. The summed E-state index contributed by atoms with van der Waals surface area (Å²) in [7, 11) is 0. The van der Waals surface area contributed by atoms with Crippen LogP contribution in [-0.4, -0.2) is 11.5 Å². The number of nitrogens with one attached hydrogen (secondary N) is 1. The van der Waals surface area contributed by atoms with Gasteiger partial charge in [-0.1, -0.05) is 30.7 Å². The molecule has 0 spiro atoms. The largest absolute Gasteiger partial charge is 0.306 e. The molecule has 1 atom stereocenters. The maximum Gasteiger partial charge on any atom is 0.0809 e. The van der Waals surface area contributed by atoms with Gasteiger partial charge in [0.15, 0.2) is 0 Å². The highest BCUT2D eigenvalue weighted by Crippen LogP contribution is 2.27. The Morgan fingerprint density at radius 1 is 1.25 bits per heavy atom. The van der Waals surface area contributed by atoms with E-state index in [1.54, 1.807) is 11.3 Å². The highest BCUT2D eigenvalue weighted by atomic mass is 35.5. The number of hydrogen-bond donors (Lipinski definition) is 1. The van der Waals surface area contributed by atoms with Crippen molar-refractivity contribution in [2.45, 2.75) is 13.0 Å². The molecule has 0 saturated carbocycles. The van der Waals surface area contributed by atoms with Crippen LogP contribution in [0.25, 0.3) is 10.2 Å². The summed E-state index contributed by atoms with van der Waals surface area (Å²) < 4.78 is 1.22. The quantitative estimate of drug-likeness (QED) is 0.759. The fourth-order valence-electron chi connectivity index (χ4n) is 2.34. The number of hydrogen-bond acceptors (Lipinski definition) is 3. The van der Waals surface area contributed by atoms with Crippen LogP contribution >= 0.6 is 22.9 Å². The topological polar surface area (TPSA) is 24.9 Å². The first-order valence-electron chi connectivity index (χ1n) is 6.60. The van der Waals surface area contributed by atoms with Crippen LogP contribution < -0.4 is 5.32 Å². The van der Waals surface area contributed by atoms with E-state index in [-0.39, 0.29) is 6.04 Å². The number of benzene rings is 1. The lowest BCUT2D eigenvalue weighted by Gasteiger charge is -2.19. The fraction of sp³-hybridized carbons (Fsp3) is 0.188. The SMILES string of the molecule is CCNC(c1cccc(Cl)c1)c1cnc2ccsc2c1. The number of rotatable bonds is 4. The van der Waals surface area contributed by atoms with Crippen LogP contribution in [0.3, 0.4) is 0 Å². The summed E-state index contributed by atoms with van der Waals surface area (Å²) in [5.74, 6) is 0. The van der Waals surface area contributed by atoms with E-state index in [1.807, 2.05) is 30.5 Å². The molecule has 1 unspecified atom stereocenters. The monoisotopic (exact) mass is 302 g/mol. The van der Waals surface area contributed by atoms with Gasteiger partial charge in [-0.25, -0.2) is 0 Å². The van der Waals surface area contributed by atoms with Crippen molar-refractivity contribution in [3.63, 3.8) is 0 Å². The molecule has 3 aromatic rings. The molecule has 0 saturated heterocycles. The molecule has 1 aromatic carbocycles. The predicted molar refractivity (Wildman–Crippen MR) is 86.6 cm³/mol. The summed E-state index contributed by atoms with van der Waals surface area (Å²) in [6.07, 6.45) is 1.95. The first kappa shape index (κ1) is 13.6. The van der Waals surface area contributed by atoms with E-state index >= 15 is 0 Å². The Morgan fingerprint density at radius 2 is 2.15 bits per heavy atom. The number of thiophene rings is 1. The lowest BCUT2D eigenvalue weighted by atomic mass is 10.00. The zero-order valence-electron chi connectivity index (χ0n) is 11.1. The van der Waals surface area contributed by atoms with Gasteiger partial charge < -0.3 is 5.32 Å². The van der Waals surface area contributed by atoms with Gasteiger partial charge in [0.2, 0.25) is 0 Å². The number of fused-ring (bicyclic) bond motifs is 1. The van der Waals surface area contributed by atoms with E-state index in [2.05, 4.69) is 34.7 Å². The zero-order valence-corrected chi connectivity index (χ0v) is 12.7. The van der Waals surface area contributed by atoms with Crippen LogP contribution in [0.2, 0.25) is 5.02 Å². The first-order valence-corrected chi connectivity index (χ1v) is 7.85. The summed E-state index contributed by atoms with van der Waals surface area (Å²) in [4.78, 5) is 4.53. The van der Waals surface area contributed by atoms with Gasteiger partial charge in [-0.05, 0) is 47.3 Å². The van der Waals surface area contributed by atoms with Crippen LogP contribution in [0.15, 0.2) is 48.0 Å². The predicted octanol–water partition coefficient (Wildman–Crippen LogP) is 4.65. The molecule has 2 nitrogen and oxygen atoms in total. The minimum Gasteiger partial charge on any atom is -0.306 e. The van der Waals surface area contributed by atoms with E-state index in [4.69, 9.17) is 11.6 Å². The van der Waals surface area contributed by atoms with Crippen molar-refractivity contribution in [3.8, 4) is 0 Å². The molecule has 3 rings (SSSR count). The van der Waals surface area contributed by atoms with Crippen molar-refractivity contribution < 1.29 is 0 Å². The molecule has 0 aliphatic heterocycles. The molecule has 102 valence electrons. The molecule has 0 amide bonds. The lowest BCUT2D eigenvalue weighted by molar-refractivity contribution is 0.630. The summed E-state index contributed by atoms with van der Waals surface area (Å²) in [5.41, 5.74) is 3.39. The summed E-state index contributed by atoms with van der Waals surface area (Å²) in [6, 6.07) is 12.4. The molecule has 4 heteroatoms. The summed E-state index contributed by atoms with van der Waals surface area (Å²) in [5, 5.41) is 6.34. The molecule has 0 fully saturated rings. The summed E-state index contributed by atoms with van der Waals surface area (Å²) in [6.45, 7) is 2.99. The second kappa shape index (κ2) is 5.92. The van der Waals surface area contributed by atoms with Gasteiger partial charge >= 0.3 is 0 Å². The lowest BCUT2D eigenvalue weighted by Crippen LogP contribution is -2.22. The van der Waals surface area contributed by atoms with Crippen molar-refractivity contribution >= 4 is 33.2 Å². The molecule has 2 heterocycles. The molecular weight excluding hydrogens is 288 g/mol. The van der Waals surface area contributed by atoms with Crippen LogP contribution in [0, 0.1) is 0 Å². The van der Waals surface area contributed by atoms with E-state index in [0.717, 1.165) is 22.6 Å². The van der Waals surface area contributed by atoms with Gasteiger partial charge in [0.25, 0.3) is 0 Å². The third-order valence-corrected chi connectivity index (χ3v) is 4.34. The van der Waals surface area contributed by atoms with E-state index in [1.165, 1.54) is 10.3 Å². The highest BCUT2D eigenvalue weighted by molar-refractivity contribution is 7.17. The molecule has 20 heavy (non-hydrogen) atoms. The van der Waals surface area contributed by atoms with Gasteiger partial charge in [0.05, 0.1) is 16.3 Å². The van der Waals surface area contributed by atoms with Gasteiger partial charge in [0.1, 0.15) is 0 Å². The van der Waals surface area contributed by atoms with Crippen LogP contribution in [-0.2, 0) is 0 Å². The molecule has 1 N–H and O–H groups in total. The van der Waals surface area contributed by atoms with Gasteiger partial charge in [-0.15, -0.1) is 11.3 Å². The van der Waals surface area contributed by atoms with Crippen molar-refractivity contribution in [1.29, 1.82) is 0 Å². The second-order valence-corrected chi connectivity index (χ2v) is 6.00. The number of pyridine rings is 1. The third-order valence-electron chi connectivity index (χ3n) is 3.25.